The Morgan fingerprint density at radius 3 is 2.52 bits per heavy atom. The van der Waals surface area contributed by atoms with E-state index in [2.05, 4.69) is 10.6 Å². The molecule has 3 amide bonds. The van der Waals surface area contributed by atoms with Crippen molar-refractivity contribution in [2.75, 3.05) is 12.0 Å². The van der Waals surface area contributed by atoms with E-state index >= 15 is 0 Å². The van der Waals surface area contributed by atoms with E-state index in [9.17, 15) is 19.2 Å². The smallest absolute Gasteiger partial charge is 0.408 e. The lowest BCUT2D eigenvalue weighted by molar-refractivity contribution is -0.156. The molecule has 0 aromatic rings. The second kappa shape index (κ2) is 8.19. The minimum absolute atomic E-state index is 0.202. The van der Waals surface area contributed by atoms with Gasteiger partial charge in [-0.05, 0) is 39.2 Å². The minimum Gasteiger partial charge on any atom is -0.450 e. The van der Waals surface area contributed by atoms with E-state index in [0.717, 1.165) is 0 Å². The lowest BCUT2D eigenvalue weighted by atomic mass is 10.2. The van der Waals surface area contributed by atoms with E-state index in [0.29, 0.717) is 12.2 Å². The van der Waals surface area contributed by atoms with Crippen LogP contribution in [0, 0.1) is 0 Å². The summed E-state index contributed by atoms with van der Waals surface area (Å²) in [5.74, 6) is -1.30. The van der Waals surface area contributed by atoms with Crippen molar-refractivity contribution < 1.29 is 28.7 Å². The summed E-state index contributed by atoms with van der Waals surface area (Å²) >= 11 is 1.50. The van der Waals surface area contributed by atoms with Crippen molar-refractivity contribution >= 4 is 35.6 Å². The fraction of sp³-hybridized carbons (Fsp3) is 0.714. The Bertz CT molecular complexity index is 488. The third kappa shape index (κ3) is 6.89. The number of hydrogen-bond acceptors (Lipinski definition) is 7. The van der Waals surface area contributed by atoms with Crippen LogP contribution in [0.15, 0.2) is 0 Å². The minimum atomic E-state index is -1.15. The average molecular weight is 346 g/mol. The van der Waals surface area contributed by atoms with Crippen molar-refractivity contribution in [2.24, 2.45) is 0 Å². The molecule has 0 saturated carbocycles. The third-order valence-corrected chi connectivity index (χ3v) is 3.41. The first kappa shape index (κ1) is 19.3. The summed E-state index contributed by atoms with van der Waals surface area (Å²) in [6, 6.07) is -0.944. The maximum atomic E-state index is 12.2. The van der Waals surface area contributed by atoms with E-state index in [4.69, 9.17) is 9.47 Å². The van der Waals surface area contributed by atoms with E-state index < -0.39 is 41.6 Å². The Labute approximate surface area is 139 Å². The molecule has 0 radical (unpaired) electrons. The molecule has 0 unspecified atom stereocenters. The maximum absolute atomic E-state index is 12.2. The van der Waals surface area contributed by atoms with Crippen molar-refractivity contribution in [1.29, 1.82) is 0 Å². The van der Waals surface area contributed by atoms with E-state index in [1.807, 2.05) is 6.26 Å². The normalized spacial score (nSPS) is 19.0. The van der Waals surface area contributed by atoms with Crippen molar-refractivity contribution in [3.8, 4) is 0 Å². The Morgan fingerprint density at radius 1 is 1.39 bits per heavy atom. The van der Waals surface area contributed by atoms with Gasteiger partial charge in [0.2, 0.25) is 5.91 Å². The van der Waals surface area contributed by atoms with Gasteiger partial charge in [-0.25, -0.2) is 9.59 Å². The number of amides is 3. The lowest BCUT2D eigenvalue weighted by Gasteiger charge is -2.23. The second-order valence-corrected chi connectivity index (χ2v) is 7.01. The number of esters is 1. The molecule has 8 nitrogen and oxygen atoms in total. The molecule has 0 spiro atoms. The zero-order chi connectivity index (χ0) is 17.6. The van der Waals surface area contributed by atoms with Crippen LogP contribution in [0.3, 0.4) is 0 Å². The lowest BCUT2D eigenvalue weighted by Crippen LogP contribution is -2.46. The van der Waals surface area contributed by atoms with Crippen LogP contribution in [0.4, 0.5) is 4.79 Å². The summed E-state index contributed by atoms with van der Waals surface area (Å²) in [5.41, 5.74) is -0.699. The van der Waals surface area contributed by atoms with Crippen LogP contribution < -0.4 is 10.6 Å². The zero-order valence-electron chi connectivity index (χ0n) is 13.6. The molecule has 1 saturated heterocycles. The van der Waals surface area contributed by atoms with Gasteiger partial charge in [-0.1, -0.05) is 0 Å². The molecule has 1 heterocycles. The van der Waals surface area contributed by atoms with Gasteiger partial charge in [0.1, 0.15) is 11.6 Å². The van der Waals surface area contributed by atoms with Crippen LogP contribution in [-0.2, 0) is 23.9 Å². The van der Waals surface area contributed by atoms with Crippen LogP contribution in [0.25, 0.3) is 0 Å². The summed E-state index contributed by atoms with van der Waals surface area (Å²) < 4.78 is 10.1. The molecule has 2 atom stereocenters. The van der Waals surface area contributed by atoms with E-state index in [-0.39, 0.29) is 6.42 Å². The third-order valence-electron chi connectivity index (χ3n) is 2.77. The van der Waals surface area contributed by atoms with Crippen molar-refractivity contribution in [2.45, 2.75) is 51.4 Å². The number of carbonyl (C=O) groups excluding carboxylic acids is 4. The largest absolute Gasteiger partial charge is 0.450 e. The topological polar surface area (TPSA) is 111 Å². The summed E-state index contributed by atoms with van der Waals surface area (Å²) in [6.45, 7) is 5.11. The van der Waals surface area contributed by atoms with Crippen molar-refractivity contribution in [3.63, 3.8) is 0 Å². The molecule has 1 fully saturated rings. The molecule has 9 heteroatoms. The number of rotatable bonds is 6. The first-order valence-corrected chi connectivity index (χ1v) is 8.54. The van der Waals surface area contributed by atoms with Gasteiger partial charge in [-0.2, -0.15) is 11.8 Å². The number of thioether (sulfide) groups is 1. The number of carbonyl (C=O) groups is 4. The fourth-order valence-electron chi connectivity index (χ4n) is 1.78. The number of imide groups is 1. The second-order valence-electron chi connectivity index (χ2n) is 6.02. The van der Waals surface area contributed by atoms with Crippen LogP contribution in [0.2, 0.25) is 0 Å². The fourth-order valence-corrected chi connectivity index (χ4v) is 2.25. The predicted octanol–water partition coefficient (Wildman–Crippen LogP) is 0.591. The molecule has 0 bridgehead atoms. The monoisotopic (exact) mass is 346 g/mol. The highest BCUT2D eigenvalue weighted by Crippen LogP contribution is 2.12. The van der Waals surface area contributed by atoms with Gasteiger partial charge in [0, 0.05) is 0 Å². The molecule has 2 N–H and O–H groups in total. The number of nitrogens with one attached hydrogen (secondary N) is 2. The van der Waals surface area contributed by atoms with Gasteiger partial charge >= 0.3 is 12.1 Å². The molecule has 0 aromatic heterocycles. The highest BCUT2D eigenvalue weighted by atomic mass is 32.2. The number of alkyl carbamates (subject to hydrolysis) is 1. The molecule has 1 rings (SSSR count). The van der Waals surface area contributed by atoms with Crippen molar-refractivity contribution in [3.05, 3.63) is 0 Å². The maximum Gasteiger partial charge on any atom is 0.408 e. The van der Waals surface area contributed by atoms with Crippen LogP contribution in [-0.4, -0.2) is 53.6 Å². The molecular weight excluding hydrogens is 324 g/mol. The van der Waals surface area contributed by atoms with Crippen LogP contribution in [0.5, 0.6) is 0 Å². The summed E-state index contributed by atoms with van der Waals surface area (Å²) in [5, 5.41) is 4.50. The van der Waals surface area contributed by atoms with Gasteiger partial charge in [-0.15, -0.1) is 0 Å². The number of ether oxygens (including phenoxy) is 2. The molecule has 130 valence electrons. The van der Waals surface area contributed by atoms with Gasteiger partial charge in [0.05, 0.1) is 6.42 Å². The quantitative estimate of drug-likeness (QED) is 0.535. The molecule has 1 aliphatic heterocycles. The van der Waals surface area contributed by atoms with Crippen LogP contribution in [0.1, 0.15) is 33.6 Å². The van der Waals surface area contributed by atoms with E-state index in [1.165, 1.54) is 11.8 Å². The molecule has 23 heavy (non-hydrogen) atoms. The van der Waals surface area contributed by atoms with E-state index in [1.54, 1.807) is 20.8 Å². The van der Waals surface area contributed by atoms with Gasteiger partial charge in [0.15, 0.2) is 6.10 Å². The molecule has 0 aliphatic carbocycles. The number of hydrogen-bond donors (Lipinski definition) is 2. The Hall–Kier alpha value is -1.77. The Balaban J connectivity index is 2.65. The Kier molecular flexibility index (Phi) is 6.86. The SMILES string of the molecule is CSCC[C@H](NC(=O)OC(C)(C)C)C(=O)O[C@H]1CC(=O)NC1=O. The highest BCUT2D eigenvalue weighted by molar-refractivity contribution is 7.98. The van der Waals surface area contributed by atoms with Gasteiger partial charge in [0.25, 0.3) is 5.91 Å². The molecule has 0 aromatic carbocycles. The first-order valence-electron chi connectivity index (χ1n) is 7.15. The Morgan fingerprint density at radius 2 is 2.04 bits per heavy atom. The van der Waals surface area contributed by atoms with Crippen LogP contribution >= 0.6 is 11.8 Å². The summed E-state index contributed by atoms with van der Waals surface area (Å²) in [6.07, 6.45) is 0.0898. The van der Waals surface area contributed by atoms with Crippen molar-refractivity contribution in [1.82, 2.24) is 10.6 Å². The molecular formula is C14H22N2O6S. The predicted molar refractivity (Wildman–Crippen MR) is 83.8 cm³/mol. The van der Waals surface area contributed by atoms with Gasteiger partial charge in [-0.3, -0.25) is 14.9 Å². The molecule has 1 aliphatic rings. The standard InChI is InChI=1S/C14H22N2O6S/c1-14(2,3)22-13(20)15-8(5-6-23-4)12(19)21-9-7-10(17)16-11(9)18/h8-9H,5-7H2,1-4H3,(H,15,20)(H,16,17,18)/t8-,9-/m0/s1. The summed E-state index contributed by atoms with van der Waals surface area (Å²) in [4.78, 5) is 46.5. The highest BCUT2D eigenvalue weighted by Gasteiger charge is 2.36. The zero-order valence-corrected chi connectivity index (χ0v) is 14.5. The van der Waals surface area contributed by atoms with Gasteiger partial charge < -0.3 is 14.8 Å². The first-order chi connectivity index (χ1) is 10.6. The average Bonchev–Trinajstić information content (AvgIpc) is 2.70. The summed E-state index contributed by atoms with van der Waals surface area (Å²) in [7, 11) is 0.